The lowest BCUT2D eigenvalue weighted by Crippen LogP contribution is -2.53. The molecule has 10 heteroatoms. The highest BCUT2D eigenvalue weighted by atomic mass is 16.4. The van der Waals surface area contributed by atoms with E-state index in [4.69, 9.17) is 15.9 Å². The number of hydrogen-bond acceptors (Lipinski definition) is 6. The number of amides is 3. The van der Waals surface area contributed by atoms with Crippen LogP contribution in [0.4, 0.5) is 0 Å². The van der Waals surface area contributed by atoms with Crippen molar-refractivity contribution in [1.82, 2.24) is 16.0 Å². The summed E-state index contributed by atoms with van der Waals surface area (Å²) in [6, 6.07) is -2.47. The van der Waals surface area contributed by atoms with Gasteiger partial charge >= 0.3 is 5.97 Å². The molecule has 0 radical (unpaired) electrons. The Morgan fingerprint density at radius 2 is 1.75 bits per heavy atom. The predicted molar refractivity (Wildman–Crippen MR) is 66.3 cm³/mol. The Morgan fingerprint density at radius 1 is 1.15 bits per heavy atom. The fourth-order valence-electron chi connectivity index (χ4n) is 1.09. The van der Waals surface area contributed by atoms with Crippen molar-refractivity contribution in [3.05, 3.63) is 0 Å². The molecule has 10 nitrogen and oxygen atoms in total. The van der Waals surface area contributed by atoms with E-state index in [-0.39, 0.29) is 13.1 Å². The van der Waals surface area contributed by atoms with Crippen LogP contribution in [-0.4, -0.2) is 65.7 Å². The summed E-state index contributed by atoms with van der Waals surface area (Å²) in [5.74, 6) is -3.33. The highest BCUT2D eigenvalue weighted by Crippen LogP contribution is 1.87. The van der Waals surface area contributed by atoms with Gasteiger partial charge in [0.05, 0.1) is 19.7 Å². The molecule has 114 valence electrons. The molecular formula is C10H18N4O6. The molecule has 0 aliphatic carbocycles. The standard InChI is InChI=1S/C10H18N4O6/c1-5(9(18)14-6(4-15)10(19)20)13-8(17)3-12-7(16)2-11/h5-6,15H,2-4,11H2,1H3,(H,12,16)(H,13,17)(H,14,18)(H,19,20). The van der Waals surface area contributed by atoms with E-state index in [1.165, 1.54) is 6.92 Å². The second-order valence-electron chi connectivity index (χ2n) is 3.85. The smallest absolute Gasteiger partial charge is 0.328 e. The van der Waals surface area contributed by atoms with Crippen LogP contribution in [0.3, 0.4) is 0 Å². The van der Waals surface area contributed by atoms with Crippen molar-refractivity contribution in [2.45, 2.75) is 19.0 Å². The summed E-state index contributed by atoms with van der Waals surface area (Å²) in [4.78, 5) is 44.3. The molecule has 0 aromatic rings. The van der Waals surface area contributed by atoms with Crippen LogP contribution in [-0.2, 0) is 19.2 Å². The van der Waals surface area contributed by atoms with Crippen molar-refractivity contribution in [2.24, 2.45) is 5.73 Å². The molecule has 0 aliphatic rings. The highest BCUT2D eigenvalue weighted by Gasteiger charge is 2.23. The topological polar surface area (TPSA) is 171 Å². The lowest BCUT2D eigenvalue weighted by atomic mass is 10.2. The molecule has 2 atom stereocenters. The van der Waals surface area contributed by atoms with Gasteiger partial charge in [0, 0.05) is 0 Å². The normalized spacial score (nSPS) is 12.9. The van der Waals surface area contributed by atoms with Crippen LogP contribution in [0, 0.1) is 0 Å². The zero-order valence-corrected chi connectivity index (χ0v) is 10.9. The molecule has 0 aliphatic heterocycles. The van der Waals surface area contributed by atoms with Gasteiger partial charge in [-0.2, -0.15) is 0 Å². The van der Waals surface area contributed by atoms with Gasteiger partial charge in [-0.05, 0) is 6.92 Å². The molecule has 3 amide bonds. The van der Waals surface area contributed by atoms with Crippen molar-refractivity contribution in [3.8, 4) is 0 Å². The third-order valence-electron chi connectivity index (χ3n) is 2.20. The van der Waals surface area contributed by atoms with Crippen LogP contribution in [0.15, 0.2) is 0 Å². The molecule has 0 aromatic carbocycles. The first-order valence-corrected chi connectivity index (χ1v) is 5.72. The molecule has 2 unspecified atom stereocenters. The van der Waals surface area contributed by atoms with Gasteiger partial charge in [-0.15, -0.1) is 0 Å². The van der Waals surface area contributed by atoms with Gasteiger partial charge in [-0.1, -0.05) is 0 Å². The highest BCUT2D eigenvalue weighted by molar-refractivity contribution is 5.91. The van der Waals surface area contributed by atoms with Crippen LogP contribution in [0.1, 0.15) is 6.92 Å². The van der Waals surface area contributed by atoms with Gasteiger partial charge in [0.1, 0.15) is 12.1 Å². The Bertz CT molecular complexity index is 386. The Kier molecular flexibility index (Phi) is 7.85. The summed E-state index contributed by atoms with van der Waals surface area (Å²) in [6.07, 6.45) is 0. The summed E-state index contributed by atoms with van der Waals surface area (Å²) < 4.78 is 0. The SMILES string of the molecule is CC(NC(=O)CNC(=O)CN)C(=O)NC(CO)C(=O)O. The Morgan fingerprint density at radius 3 is 2.20 bits per heavy atom. The summed E-state index contributed by atoms with van der Waals surface area (Å²) in [5, 5.41) is 23.9. The predicted octanol–water partition coefficient (Wildman–Crippen LogP) is -3.87. The van der Waals surface area contributed by atoms with Crippen LogP contribution in [0.25, 0.3) is 0 Å². The van der Waals surface area contributed by atoms with Crippen molar-refractivity contribution >= 4 is 23.7 Å². The number of carboxylic acids is 1. The van der Waals surface area contributed by atoms with Gasteiger partial charge in [0.2, 0.25) is 17.7 Å². The summed E-state index contributed by atoms with van der Waals surface area (Å²) in [7, 11) is 0. The van der Waals surface area contributed by atoms with Crippen molar-refractivity contribution < 1.29 is 29.4 Å². The molecule has 0 fully saturated rings. The number of aliphatic carboxylic acids is 1. The minimum Gasteiger partial charge on any atom is -0.480 e. The number of carbonyl (C=O) groups excluding carboxylic acids is 3. The zero-order chi connectivity index (χ0) is 15.7. The van der Waals surface area contributed by atoms with E-state index in [0.717, 1.165) is 0 Å². The second kappa shape index (κ2) is 8.82. The first-order chi connectivity index (χ1) is 9.31. The van der Waals surface area contributed by atoms with E-state index in [1.807, 2.05) is 5.32 Å². The van der Waals surface area contributed by atoms with E-state index >= 15 is 0 Å². The maximum Gasteiger partial charge on any atom is 0.328 e. The molecule has 0 bridgehead atoms. The largest absolute Gasteiger partial charge is 0.480 e. The number of aliphatic hydroxyl groups is 1. The van der Waals surface area contributed by atoms with Crippen molar-refractivity contribution in [1.29, 1.82) is 0 Å². The van der Waals surface area contributed by atoms with Crippen LogP contribution >= 0.6 is 0 Å². The van der Waals surface area contributed by atoms with E-state index in [1.54, 1.807) is 0 Å². The van der Waals surface area contributed by atoms with Crippen molar-refractivity contribution in [3.63, 3.8) is 0 Å². The van der Waals surface area contributed by atoms with Crippen LogP contribution in [0.5, 0.6) is 0 Å². The van der Waals surface area contributed by atoms with Crippen LogP contribution < -0.4 is 21.7 Å². The number of aliphatic hydroxyl groups excluding tert-OH is 1. The molecule has 20 heavy (non-hydrogen) atoms. The number of carbonyl (C=O) groups is 4. The number of nitrogens with one attached hydrogen (secondary N) is 3. The van der Waals surface area contributed by atoms with Gasteiger partial charge < -0.3 is 31.9 Å². The van der Waals surface area contributed by atoms with E-state index in [9.17, 15) is 19.2 Å². The quantitative estimate of drug-likeness (QED) is 0.265. The maximum atomic E-state index is 11.5. The Hall–Kier alpha value is -2.20. The van der Waals surface area contributed by atoms with Crippen LogP contribution in [0.2, 0.25) is 0 Å². The Labute approximate surface area is 114 Å². The number of carboxylic acid groups (broad SMARTS) is 1. The summed E-state index contributed by atoms with van der Waals surface area (Å²) >= 11 is 0. The van der Waals surface area contributed by atoms with E-state index < -0.39 is 42.4 Å². The second-order valence-corrected chi connectivity index (χ2v) is 3.85. The minimum atomic E-state index is -1.45. The number of rotatable bonds is 8. The lowest BCUT2D eigenvalue weighted by molar-refractivity contribution is -0.143. The molecule has 0 spiro atoms. The average Bonchev–Trinajstić information content (AvgIpc) is 2.41. The number of hydrogen-bond donors (Lipinski definition) is 6. The summed E-state index contributed by atoms with van der Waals surface area (Å²) in [5.41, 5.74) is 5.02. The maximum absolute atomic E-state index is 11.5. The van der Waals surface area contributed by atoms with Gasteiger partial charge in [-0.25, -0.2) is 4.79 Å². The van der Waals surface area contributed by atoms with Crippen molar-refractivity contribution in [2.75, 3.05) is 19.7 Å². The van der Waals surface area contributed by atoms with Gasteiger partial charge in [0.15, 0.2) is 0 Å². The van der Waals surface area contributed by atoms with Gasteiger partial charge in [-0.3, -0.25) is 14.4 Å². The molecule has 0 rings (SSSR count). The molecule has 0 saturated carbocycles. The fourth-order valence-corrected chi connectivity index (χ4v) is 1.09. The number of nitrogens with two attached hydrogens (primary N) is 1. The molecular weight excluding hydrogens is 272 g/mol. The lowest BCUT2D eigenvalue weighted by Gasteiger charge is -2.17. The summed E-state index contributed by atoms with van der Waals surface area (Å²) in [6.45, 7) is -0.0569. The monoisotopic (exact) mass is 290 g/mol. The molecule has 7 N–H and O–H groups in total. The third kappa shape index (κ3) is 6.66. The zero-order valence-electron chi connectivity index (χ0n) is 10.9. The molecule has 0 heterocycles. The molecule has 0 saturated heterocycles. The average molecular weight is 290 g/mol. The molecule has 0 aromatic heterocycles. The van der Waals surface area contributed by atoms with E-state index in [0.29, 0.717) is 0 Å². The minimum absolute atomic E-state index is 0.264. The Balaban J connectivity index is 4.21. The van der Waals surface area contributed by atoms with Gasteiger partial charge in [0.25, 0.3) is 0 Å². The first kappa shape index (κ1) is 17.8. The third-order valence-corrected chi connectivity index (χ3v) is 2.20. The fraction of sp³-hybridized carbons (Fsp3) is 0.600. The van der Waals surface area contributed by atoms with E-state index in [2.05, 4.69) is 10.6 Å². The first-order valence-electron chi connectivity index (χ1n) is 5.72.